The average molecular weight is 307 g/mol. The highest BCUT2D eigenvalue weighted by atomic mass is 16.6. The molecule has 1 aromatic carbocycles. The number of piperazine rings is 1. The van der Waals surface area contributed by atoms with E-state index in [-0.39, 0.29) is 17.9 Å². The van der Waals surface area contributed by atoms with Crippen LogP contribution in [0, 0.1) is 10.1 Å². The van der Waals surface area contributed by atoms with Crippen LogP contribution in [-0.4, -0.2) is 43.2 Å². The molecule has 1 atom stereocenters. The van der Waals surface area contributed by atoms with E-state index in [4.69, 9.17) is 4.74 Å². The molecule has 7 nitrogen and oxygen atoms in total. The van der Waals surface area contributed by atoms with Gasteiger partial charge >= 0.3 is 5.97 Å². The van der Waals surface area contributed by atoms with Crippen molar-refractivity contribution < 1.29 is 14.5 Å². The van der Waals surface area contributed by atoms with Gasteiger partial charge in [-0.1, -0.05) is 6.92 Å². The van der Waals surface area contributed by atoms with Gasteiger partial charge in [0.1, 0.15) is 5.56 Å². The van der Waals surface area contributed by atoms with Crippen molar-refractivity contribution in [3.8, 4) is 0 Å². The number of esters is 1. The Morgan fingerprint density at radius 1 is 1.50 bits per heavy atom. The first-order valence-electron chi connectivity index (χ1n) is 7.51. The van der Waals surface area contributed by atoms with Crippen LogP contribution in [0.1, 0.15) is 30.6 Å². The summed E-state index contributed by atoms with van der Waals surface area (Å²) in [5.74, 6) is -0.653. The molecule has 0 saturated carbocycles. The van der Waals surface area contributed by atoms with Gasteiger partial charge in [-0.05, 0) is 25.5 Å². The number of nitrogens with zero attached hydrogens (tertiary/aromatic N) is 2. The summed E-state index contributed by atoms with van der Waals surface area (Å²) >= 11 is 0. The molecule has 1 N–H and O–H groups in total. The van der Waals surface area contributed by atoms with Gasteiger partial charge in [-0.3, -0.25) is 10.1 Å². The Labute approximate surface area is 129 Å². The topological polar surface area (TPSA) is 84.7 Å². The zero-order valence-electron chi connectivity index (χ0n) is 12.9. The highest BCUT2D eigenvalue weighted by Gasteiger charge is 2.26. The third kappa shape index (κ3) is 3.36. The lowest BCUT2D eigenvalue weighted by Crippen LogP contribution is -2.51. The van der Waals surface area contributed by atoms with Gasteiger partial charge in [-0.25, -0.2) is 4.79 Å². The molecule has 1 aliphatic heterocycles. The number of hydrogen-bond donors (Lipinski definition) is 1. The largest absolute Gasteiger partial charge is 0.462 e. The molecular weight excluding hydrogens is 286 g/mol. The van der Waals surface area contributed by atoms with Gasteiger partial charge in [0, 0.05) is 37.4 Å². The Morgan fingerprint density at radius 2 is 2.27 bits per heavy atom. The first-order chi connectivity index (χ1) is 10.6. The van der Waals surface area contributed by atoms with Crippen LogP contribution in [0.2, 0.25) is 0 Å². The van der Waals surface area contributed by atoms with E-state index in [1.165, 1.54) is 6.07 Å². The number of nitrogens with one attached hydrogen (secondary N) is 1. The molecule has 2 rings (SSSR count). The number of ether oxygens (including phenoxy) is 1. The molecule has 0 unspecified atom stereocenters. The second kappa shape index (κ2) is 7.22. The predicted molar refractivity (Wildman–Crippen MR) is 83.3 cm³/mol. The van der Waals surface area contributed by atoms with E-state index >= 15 is 0 Å². The number of anilines is 1. The van der Waals surface area contributed by atoms with Crippen LogP contribution in [0.25, 0.3) is 0 Å². The van der Waals surface area contributed by atoms with Crippen molar-refractivity contribution in [3.63, 3.8) is 0 Å². The lowest BCUT2D eigenvalue weighted by Gasteiger charge is -2.37. The van der Waals surface area contributed by atoms with Crippen LogP contribution in [0.3, 0.4) is 0 Å². The lowest BCUT2D eigenvalue weighted by molar-refractivity contribution is -0.385. The Hall–Kier alpha value is -2.15. The number of rotatable bonds is 5. The minimum Gasteiger partial charge on any atom is -0.462 e. The molecule has 0 radical (unpaired) electrons. The van der Waals surface area contributed by atoms with Gasteiger partial charge in [0.25, 0.3) is 5.69 Å². The minimum atomic E-state index is -0.653. The molecule has 0 aliphatic carbocycles. The Kier molecular flexibility index (Phi) is 5.32. The number of nitro benzene ring substituents is 1. The van der Waals surface area contributed by atoms with E-state index < -0.39 is 10.9 Å². The summed E-state index contributed by atoms with van der Waals surface area (Å²) in [6.45, 7) is 6.48. The van der Waals surface area contributed by atoms with Gasteiger partial charge in [0.05, 0.1) is 11.5 Å². The molecule has 1 aliphatic rings. The van der Waals surface area contributed by atoms with Crippen molar-refractivity contribution in [2.75, 3.05) is 31.1 Å². The van der Waals surface area contributed by atoms with Gasteiger partial charge in [0.15, 0.2) is 0 Å². The number of hydrogen-bond acceptors (Lipinski definition) is 6. The highest BCUT2D eigenvalue weighted by molar-refractivity contribution is 5.95. The third-order valence-electron chi connectivity index (χ3n) is 3.83. The number of nitro groups is 1. The smallest absolute Gasteiger partial charge is 0.345 e. The summed E-state index contributed by atoms with van der Waals surface area (Å²) < 4.78 is 4.94. The van der Waals surface area contributed by atoms with E-state index in [2.05, 4.69) is 17.1 Å². The normalized spacial score (nSPS) is 18.1. The van der Waals surface area contributed by atoms with E-state index in [0.29, 0.717) is 6.04 Å². The maximum absolute atomic E-state index is 12.0. The van der Waals surface area contributed by atoms with Crippen LogP contribution in [-0.2, 0) is 4.74 Å². The van der Waals surface area contributed by atoms with Gasteiger partial charge < -0.3 is 15.0 Å². The van der Waals surface area contributed by atoms with Gasteiger partial charge in [-0.2, -0.15) is 0 Å². The van der Waals surface area contributed by atoms with Gasteiger partial charge in [0.2, 0.25) is 0 Å². The molecule has 0 spiro atoms. The molecule has 0 bridgehead atoms. The Bertz CT molecular complexity index is 562. The fourth-order valence-corrected chi connectivity index (χ4v) is 2.70. The molecule has 1 saturated heterocycles. The van der Waals surface area contributed by atoms with Crippen molar-refractivity contribution >= 4 is 17.3 Å². The maximum Gasteiger partial charge on any atom is 0.345 e. The molecule has 0 aromatic heterocycles. The van der Waals surface area contributed by atoms with Gasteiger partial charge in [-0.15, -0.1) is 0 Å². The second-order valence-corrected chi connectivity index (χ2v) is 5.14. The van der Waals surface area contributed by atoms with Crippen LogP contribution in [0.15, 0.2) is 18.2 Å². The van der Waals surface area contributed by atoms with E-state index in [9.17, 15) is 14.9 Å². The summed E-state index contributed by atoms with van der Waals surface area (Å²) in [6.07, 6.45) is 0.957. The van der Waals surface area contributed by atoms with Crippen LogP contribution >= 0.6 is 0 Å². The third-order valence-corrected chi connectivity index (χ3v) is 3.83. The molecule has 22 heavy (non-hydrogen) atoms. The van der Waals surface area contributed by atoms with Crippen molar-refractivity contribution in [1.29, 1.82) is 0 Å². The molecule has 1 aromatic rings. The fourth-order valence-electron chi connectivity index (χ4n) is 2.70. The van der Waals surface area contributed by atoms with Crippen molar-refractivity contribution in [2.24, 2.45) is 0 Å². The number of carbonyl (C=O) groups is 1. The van der Waals surface area contributed by atoms with Crippen molar-refractivity contribution in [2.45, 2.75) is 26.3 Å². The minimum absolute atomic E-state index is 0.0118. The highest BCUT2D eigenvalue weighted by Crippen LogP contribution is 2.28. The Balaban J connectivity index is 2.39. The number of benzene rings is 1. The molecule has 1 fully saturated rings. The monoisotopic (exact) mass is 307 g/mol. The molecule has 120 valence electrons. The number of carbonyl (C=O) groups excluding carboxylic acids is 1. The van der Waals surface area contributed by atoms with E-state index in [0.717, 1.165) is 31.7 Å². The summed E-state index contributed by atoms with van der Waals surface area (Å²) in [5.41, 5.74) is 0.616. The van der Waals surface area contributed by atoms with Crippen LogP contribution < -0.4 is 10.2 Å². The summed E-state index contributed by atoms with van der Waals surface area (Å²) in [5, 5.41) is 14.4. The SMILES string of the molecule is CCOC(=O)c1cc(N2CCNC[C@H]2CC)ccc1[N+](=O)[O-]. The summed E-state index contributed by atoms with van der Waals surface area (Å²) in [6, 6.07) is 4.97. The molecule has 1 heterocycles. The standard InChI is InChI=1S/C15H21N3O4/c1-3-11-10-16-7-8-17(11)12-5-6-14(18(20)21)13(9-12)15(19)22-4-2/h5-6,9,11,16H,3-4,7-8,10H2,1-2H3/t11-/m1/s1. The maximum atomic E-state index is 12.0. The molecular formula is C15H21N3O4. The Morgan fingerprint density at radius 3 is 2.91 bits per heavy atom. The molecule has 7 heteroatoms. The average Bonchev–Trinajstić information content (AvgIpc) is 2.54. The molecule has 0 amide bonds. The van der Waals surface area contributed by atoms with Crippen LogP contribution in [0.4, 0.5) is 11.4 Å². The quantitative estimate of drug-likeness (QED) is 0.508. The van der Waals surface area contributed by atoms with E-state index in [1.54, 1.807) is 19.1 Å². The zero-order valence-corrected chi connectivity index (χ0v) is 12.9. The first kappa shape index (κ1) is 16.2. The zero-order chi connectivity index (χ0) is 16.1. The first-order valence-corrected chi connectivity index (χ1v) is 7.51. The van der Waals surface area contributed by atoms with Crippen molar-refractivity contribution in [1.82, 2.24) is 5.32 Å². The second-order valence-electron chi connectivity index (χ2n) is 5.14. The van der Waals surface area contributed by atoms with Crippen molar-refractivity contribution in [3.05, 3.63) is 33.9 Å². The van der Waals surface area contributed by atoms with E-state index in [1.807, 2.05) is 0 Å². The summed E-state index contributed by atoms with van der Waals surface area (Å²) in [7, 11) is 0. The van der Waals surface area contributed by atoms with Crippen LogP contribution in [0.5, 0.6) is 0 Å². The predicted octanol–water partition coefficient (Wildman–Crippen LogP) is 1.96. The summed E-state index contributed by atoms with van der Waals surface area (Å²) in [4.78, 5) is 24.7. The lowest BCUT2D eigenvalue weighted by atomic mass is 10.1. The fraction of sp³-hybridized carbons (Fsp3) is 0.533.